The summed E-state index contributed by atoms with van der Waals surface area (Å²) in [4.78, 5) is 25.5. The molecule has 0 radical (unpaired) electrons. The number of nitrogens with one attached hydrogen (secondary N) is 3. The maximum atomic E-state index is 12.3. The van der Waals surface area contributed by atoms with Crippen LogP contribution in [0.4, 0.5) is 11.6 Å². The van der Waals surface area contributed by atoms with Crippen LogP contribution >= 0.6 is 11.6 Å². The minimum atomic E-state index is -0.173. The minimum Gasteiger partial charge on any atom is -0.381 e. The first kappa shape index (κ1) is 20.0. The molecule has 29 heavy (non-hydrogen) atoms. The molecule has 154 valence electrons. The topological polar surface area (TPSA) is 101 Å². The van der Waals surface area contributed by atoms with Gasteiger partial charge in [-0.05, 0) is 44.2 Å². The predicted molar refractivity (Wildman–Crippen MR) is 112 cm³/mol. The highest BCUT2D eigenvalue weighted by Crippen LogP contribution is 2.28. The lowest BCUT2D eigenvalue weighted by Crippen LogP contribution is -2.35. The summed E-state index contributed by atoms with van der Waals surface area (Å²) in [6.45, 7) is 3.33. The standard InChI is InChI=1S/C20H25ClN6O2/c21-15-10-25-18(27-20(28)16-2-1-5-23-16)8-14(15)17-11-22-12-19(26-17)24-9-13-3-6-29-7-4-13/h8,10-13,16,23H,1-7,9H2,(H,24,26)(H,25,27,28)/t16-/m0/s1. The highest BCUT2D eigenvalue weighted by atomic mass is 35.5. The zero-order valence-electron chi connectivity index (χ0n) is 16.2. The lowest BCUT2D eigenvalue weighted by Gasteiger charge is -2.22. The Morgan fingerprint density at radius 2 is 2.07 bits per heavy atom. The number of carbonyl (C=O) groups excluding carboxylic acids is 1. The van der Waals surface area contributed by atoms with E-state index in [2.05, 4.69) is 30.9 Å². The van der Waals surface area contributed by atoms with Gasteiger partial charge in [-0.1, -0.05) is 11.6 Å². The molecule has 8 nitrogen and oxygen atoms in total. The molecule has 2 aliphatic heterocycles. The molecule has 2 aromatic heterocycles. The Morgan fingerprint density at radius 1 is 1.21 bits per heavy atom. The summed E-state index contributed by atoms with van der Waals surface area (Å²) in [5.41, 5.74) is 1.31. The van der Waals surface area contributed by atoms with E-state index < -0.39 is 0 Å². The zero-order valence-corrected chi connectivity index (χ0v) is 16.9. The lowest BCUT2D eigenvalue weighted by atomic mass is 10.0. The predicted octanol–water partition coefficient (Wildman–Crippen LogP) is 2.72. The van der Waals surface area contributed by atoms with Crippen molar-refractivity contribution in [1.82, 2.24) is 20.3 Å². The monoisotopic (exact) mass is 416 g/mol. The van der Waals surface area contributed by atoms with Crippen molar-refractivity contribution < 1.29 is 9.53 Å². The van der Waals surface area contributed by atoms with Crippen molar-refractivity contribution in [3.05, 3.63) is 29.7 Å². The van der Waals surface area contributed by atoms with Gasteiger partial charge in [-0.15, -0.1) is 0 Å². The summed E-state index contributed by atoms with van der Waals surface area (Å²) in [6.07, 6.45) is 8.82. The first-order valence-corrected chi connectivity index (χ1v) is 10.4. The van der Waals surface area contributed by atoms with Crippen molar-refractivity contribution in [2.24, 2.45) is 5.92 Å². The van der Waals surface area contributed by atoms with Crippen LogP contribution < -0.4 is 16.0 Å². The number of halogens is 1. The van der Waals surface area contributed by atoms with Gasteiger partial charge < -0.3 is 20.7 Å². The van der Waals surface area contributed by atoms with Crippen LogP contribution in [-0.4, -0.2) is 53.2 Å². The van der Waals surface area contributed by atoms with E-state index in [0.717, 1.165) is 52.0 Å². The molecule has 0 spiro atoms. The van der Waals surface area contributed by atoms with Crippen LogP contribution in [0.5, 0.6) is 0 Å². The van der Waals surface area contributed by atoms with E-state index >= 15 is 0 Å². The van der Waals surface area contributed by atoms with Crippen LogP contribution in [-0.2, 0) is 9.53 Å². The SMILES string of the molecule is O=C(Nc1cc(-c2cncc(NCC3CCOCC3)n2)c(Cl)cn1)[C@@H]1CCCN1. The van der Waals surface area contributed by atoms with Gasteiger partial charge in [-0.3, -0.25) is 9.78 Å². The molecular formula is C20H25ClN6O2. The van der Waals surface area contributed by atoms with E-state index in [1.54, 1.807) is 18.5 Å². The van der Waals surface area contributed by atoms with Crippen LogP contribution in [0.1, 0.15) is 25.7 Å². The quantitative estimate of drug-likeness (QED) is 0.665. The van der Waals surface area contributed by atoms with Crippen molar-refractivity contribution >= 4 is 29.1 Å². The van der Waals surface area contributed by atoms with Gasteiger partial charge in [0.15, 0.2) is 0 Å². The third kappa shape index (κ3) is 5.20. The second kappa shape index (κ2) is 9.47. The largest absolute Gasteiger partial charge is 0.381 e. The van der Waals surface area contributed by atoms with Gasteiger partial charge in [0.05, 0.1) is 29.2 Å². The highest BCUT2D eigenvalue weighted by Gasteiger charge is 2.22. The van der Waals surface area contributed by atoms with E-state index in [-0.39, 0.29) is 11.9 Å². The molecule has 0 aromatic carbocycles. The molecule has 2 aliphatic rings. The Hall–Kier alpha value is -2.29. The van der Waals surface area contributed by atoms with Gasteiger partial charge in [0.1, 0.15) is 11.6 Å². The average Bonchev–Trinajstić information content (AvgIpc) is 3.30. The fraction of sp³-hybridized carbons (Fsp3) is 0.500. The number of anilines is 2. The van der Waals surface area contributed by atoms with Gasteiger partial charge in [-0.2, -0.15) is 0 Å². The molecule has 1 amide bonds. The Labute approximate surface area is 174 Å². The second-order valence-corrected chi connectivity index (χ2v) is 7.82. The van der Waals surface area contributed by atoms with E-state index in [0.29, 0.717) is 33.8 Å². The number of hydrogen-bond acceptors (Lipinski definition) is 7. The van der Waals surface area contributed by atoms with Crippen molar-refractivity contribution in [1.29, 1.82) is 0 Å². The minimum absolute atomic E-state index is 0.0822. The summed E-state index contributed by atoms with van der Waals surface area (Å²) >= 11 is 6.36. The molecule has 0 bridgehead atoms. The lowest BCUT2D eigenvalue weighted by molar-refractivity contribution is -0.117. The van der Waals surface area contributed by atoms with E-state index in [4.69, 9.17) is 16.3 Å². The smallest absolute Gasteiger partial charge is 0.242 e. The molecular weight excluding hydrogens is 392 g/mol. The van der Waals surface area contributed by atoms with Crippen molar-refractivity contribution in [3.63, 3.8) is 0 Å². The number of carbonyl (C=O) groups is 1. The Morgan fingerprint density at radius 3 is 2.86 bits per heavy atom. The summed E-state index contributed by atoms with van der Waals surface area (Å²) in [5.74, 6) is 1.64. The molecule has 2 aromatic rings. The van der Waals surface area contributed by atoms with Crippen LogP contribution in [0.25, 0.3) is 11.3 Å². The number of amides is 1. The van der Waals surface area contributed by atoms with Crippen LogP contribution in [0.2, 0.25) is 5.02 Å². The highest BCUT2D eigenvalue weighted by molar-refractivity contribution is 6.33. The molecule has 2 saturated heterocycles. The summed E-state index contributed by atoms with van der Waals surface area (Å²) < 4.78 is 5.40. The molecule has 0 unspecified atom stereocenters. The Kier molecular flexibility index (Phi) is 6.53. The van der Waals surface area contributed by atoms with Crippen molar-refractivity contribution in [2.75, 3.05) is 36.9 Å². The molecule has 2 fully saturated rings. The second-order valence-electron chi connectivity index (χ2n) is 7.41. The number of ether oxygens (including phenoxy) is 1. The van der Waals surface area contributed by atoms with E-state index in [1.165, 1.54) is 6.20 Å². The molecule has 0 aliphatic carbocycles. The number of hydrogen-bond donors (Lipinski definition) is 3. The molecule has 3 N–H and O–H groups in total. The van der Waals surface area contributed by atoms with Gasteiger partial charge in [0, 0.05) is 31.5 Å². The fourth-order valence-electron chi connectivity index (χ4n) is 3.61. The van der Waals surface area contributed by atoms with Crippen LogP contribution in [0, 0.1) is 5.92 Å². The zero-order chi connectivity index (χ0) is 20.1. The van der Waals surface area contributed by atoms with Crippen LogP contribution in [0.3, 0.4) is 0 Å². The van der Waals surface area contributed by atoms with Gasteiger partial charge >= 0.3 is 0 Å². The molecule has 4 rings (SSSR count). The normalized spacial score (nSPS) is 19.8. The van der Waals surface area contributed by atoms with E-state index in [9.17, 15) is 4.79 Å². The number of pyridine rings is 1. The third-order valence-electron chi connectivity index (χ3n) is 5.31. The van der Waals surface area contributed by atoms with Gasteiger partial charge in [-0.25, -0.2) is 9.97 Å². The fourth-order valence-corrected chi connectivity index (χ4v) is 3.81. The number of aromatic nitrogens is 3. The maximum Gasteiger partial charge on any atom is 0.242 e. The third-order valence-corrected chi connectivity index (χ3v) is 5.61. The Bertz CT molecular complexity index is 853. The molecule has 1 atom stereocenters. The van der Waals surface area contributed by atoms with E-state index in [1.807, 2.05) is 0 Å². The number of nitrogens with zero attached hydrogens (tertiary/aromatic N) is 3. The van der Waals surface area contributed by atoms with Gasteiger partial charge in [0.2, 0.25) is 5.91 Å². The maximum absolute atomic E-state index is 12.3. The molecule has 9 heteroatoms. The summed E-state index contributed by atoms with van der Waals surface area (Å²) in [7, 11) is 0. The molecule has 0 saturated carbocycles. The first-order valence-electron chi connectivity index (χ1n) is 10.0. The average molecular weight is 417 g/mol. The summed E-state index contributed by atoms with van der Waals surface area (Å²) in [6, 6.07) is 1.56. The van der Waals surface area contributed by atoms with Crippen molar-refractivity contribution in [2.45, 2.75) is 31.7 Å². The van der Waals surface area contributed by atoms with Crippen molar-refractivity contribution in [3.8, 4) is 11.3 Å². The van der Waals surface area contributed by atoms with Gasteiger partial charge in [0.25, 0.3) is 0 Å². The molecule has 4 heterocycles. The summed E-state index contributed by atoms with van der Waals surface area (Å²) in [5, 5.41) is 9.85. The Balaban J connectivity index is 1.46. The van der Waals surface area contributed by atoms with Crippen LogP contribution in [0.15, 0.2) is 24.7 Å². The number of rotatable bonds is 6. The first-order chi connectivity index (χ1) is 14.2.